The van der Waals surface area contributed by atoms with Gasteiger partial charge < -0.3 is 0 Å². The average Bonchev–Trinajstić information content (AvgIpc) is 1.80. The number of alkyl halides is 3. The van der Waals surface area contributed by atoms with Crippen LogP contribution in [0, 0.1) is 0 Å². The van der Waals surface area contributed by atoms with Crippen molar-refractivity contribution in [2.75, 3.05) is 0 Å². The van der Waals surface area contributed by atoms with Crippen molar-refractivity contribution in [2.45, 2.75) is 6.18 Å². The highest BCUT2D eigenvalue weighted by Gasteiger charge is 2.42. The van der Waals surface area contributed by atoms with Gasteiger partial charge in [0.25, 0.3) is 11.0 Å². The van der Waals surface area contributed by atoms with Gasteiger partial charge >= 0.3 is 16.4 Å². The third-order valence-corrected chi connectivity index (χ3v) is 1.24. The number of hydrogen-bond acceptors (Lipinski definition) is 2. The lowest BCUT2D eigenvalue weighted by atomic mass is 10.6. The Labute approximate surface area is 62.7 Å². The third kappa shape index (κ3) is 2.72. The molecule has 0 atom stereocenters. The van der Waals surface area contributed by atoms with E-state index >= 15 is 0 Å². The minimum atomic E-state index is -6.27. The molecule has 0 aliphatic heterocycles. The standard InChI is InChI=1S/C3F6O2S/c4-1(3(6,7)8)2(5)12(9,10)11/b2-1-. The van der Waals surface area contributed by atoms with Crippen molar-refractivity contribution < 1.29 is 34.3 Å². The summed E-state index contributed by atoms with van der Waals surface area (Å²) in [7, 11) is -6.27. The molecular formula is C3F6O2S. The summed E-state index contributed by atoms with van der Waals surface area (Å²) in [5.41, 5.74) is 0. The zero-order valence-electron chi connectivity index (χ0n) is 4.99. The summed E-state index contributed by atoms with van der Waals surface area (Å²) < 4.78 is 86.7. The maximum absolute atomic E-state index is 11.6. The molecule has 0 aliphatic carbocycles. The van der Waals surface area contributed by atoms with Gasteiger partial charge in [-0.15, -0.1) is 0 Å². The minimum absolute atomic E-state index is 3.46. The smallest absolute Gasteiger partial charge is 0.198 e. The van der Waals surface area contributed by atoms with Crippen molar-refractivity contribution in [3.63, 3.8) is 0 Å². The molecular weight excluding hydrogens is 214 g/mol. The molecule has 0 N–H and O–H groups in total. The molecule has 12 heavy (non-hydrogen) atoms. The molecule has 0 radical (unpaired) electrons. The van der Waals surface area contributed by atoms with Crippen molar-refractivity contribution >= 4 is 10.2 Å². The Morgan fingerprint density at radius 2 is 1.42 bits per heavy atom. The van der Waals surface area contributed by atoms with E-state index in [9.17, 15) is 34.3 Å². The fourth-order valence-electron chi connectivity index (χ4n) is 0.218. The lowest BCUT2D eigenvalue weighted by Crippen LogP contribution is -2.11. The van der Waals surface area contributed by atoms with E-state index in [4.69, 9.17) is 0 Å². The van der Waals surface area contributed by atoms with Crippen LogP contribution < -0.4 is 0 Å². The molecule has 0 aromatic heterocycles. The average molecular weight is 214 g/mol. The number of hydrogen-bond donors (Lipinski definition) is 0. The maximum Gasteiger partial charge on any atom is 0.446 e. The fourth-order valence-corrected chi connectivity index (χ4v) is 0.548. The summed E-state index contributed by atoms with van der Waals surface area (Å²) in [6.45, 7) is 0. The summed E-state index contributed by atoms with van der Waals surface area (Å²) in [6, 6.07) is 0. The molecule has 9 heteroatoms. The number of rotatable bonds is 1. The first kappa shape index (κ1) is 11.3. The minimum Gasteiger partial charge on any atom is -0.198 e. The zero-order chi connectivity index (χ0) is 10.2. The van der Waals surface area contributed by atoms with Gasteiger partial charge in [-0.2, -0.15) is 30.4 Å². The van der Waals surface area contributed by atoms with E-state index < -0.39 is 27.4 Å². The predicted octanol–water partition coefficient (Wildman–Crippen LogP) is 1.96. The zero-order valence-corrected chi connectivity index (χ0v) is 5.81. The van der Waals surface area contributed by atoms with Gasteiger partial charge in [-0.25, -0.2) is 0 Å². The molecule has 0 amide bonds. The molecule has 0 heterocycles. The second kappa shape index (κ2) is 2.96. The van der Waals surface area contributed by atoms with E-state index in [1.54, 1.807) is 0 Å². The SMILES string of the molecule is O=S(=O)(F)/C(F)=C(\F)C(F)(F)F. The number of allylic oxidation sites excluding steroid dienone is 1. The number of halogens is 6. The van der Waals surface area contributed by atoms with Crippen molar-refractivity contribution in [2.24, 2.45) is 0 Å². The van der Waals surface area contributed by atoms with Crippen LogP contribution >= 0.6 is 0 Å². The summed E-state index contributed by atoms with van der Waals surface area (Å²) in [4.78, 5) is 0. The molecule has 0 rings (SSSR count). The van der Waals surface area contributed by atoms with Crippen LogP contribution in [-0.2, 0) is 10.2 Å². The topological polar surface area (TPSA) is 34.1 Å². The Hall–Kier alpha value is -0.730. The summed E-state index contributed by atoms with van der Waals surface area (Å²) in [6.07, 6.45) is -5.84. The van der Waals surface area contributed by atoms with Gasteiger partial charge in [0.15, 0.2) is 0 Å². The summed E-state index contributed by atoms with van der Waals surface area (Å²) in [5, 5.41) is -3.46. The highest BCUT2D eigenvalue weighted by atomic mass is 32.3. The van der Waals surface area contributed by atoms with E-state index in [-0.39, 0.29) is 0 Å². The van der Waals surface area contributed by atoms with E-state index in [1.165, 1.54) is 0 Å². The normalized spacial score (nSPS) is 15.8. The lowest BCUT2D eigenvalue weighted by Gasteiger charge is -2.01. The molecule has 0 bridgehead atoms. The summed E-state index contributed by atoms with van der Waals surface area (Å²) in [5.74, 6) is -3.61. The highest BCUT2D eigenvalue weighted by molar-refractivity contribution is 7.90. The largest absolute Gasteiger partial charge is 0.446 e. The van der Waals surface area contributed by atoms with Crippen LogP contribution in [0.4, 0.5) is 25.8 Å². The van der Waals surface area contributed by atoms with Crippen molar-refractivity contribution in [3.8, 4) is 0 Å². The van der Waals surface area contributed by atoms with Crippen LogP contribution in [-0.4, -0.2) is 14.6 Å². The Morgan fingerprint density at radius 3 is 1.50 bits per heavy atom. The van der Waals surface area contributed by atoms with E-state index in [0.29, 0.717) is 0 Å². The Morgan fingerprint density at radius 1 is 1.08 bits per heavy atom. The molecule has 0 unspecified atom stereocenters. The highest BCUT2D eigenvalue weighted by Crippen LogP contribution is 2.32. The molecule has 0 saturated carbocycles. The van der Waals surface area contributed by atoms with Crippen molar-refractivity contribution in [1.82, 2.24) is 0 Å². The molecule has 0 aliphatic rings. The Balaban J connectivity index is 5.26. The maximum atomic E-state index is 11.6. The molecule has 72 valence electrons. The fraction of sp³-hybridized carbons (Fsp3) is 0.333. The predicted molar refractivity (Wildman–Crippen MR) is 25.3 cm³/mol. The van der Waals surface area contributed by atoms with Crippen LogP contribution in [0.25, 0.3) is 0 Å². The van der Waals surface area contributed by atoms with Gasteiger partial charge in [0, 0.05) is 0 Å². The van der Waals surface area contributed by atoms with Crippen LogP contribution in [0.2, 0.25) is 0 Å². The van der Waals surface area contributed by atoms with E-state index in [1.807, 2.05) is 0 Å². The van der Waals surface area contributed by atoms with Crippen LogP contribution in [0.5, 0.6) is 0 Å². The monoisotopic (exact) mass is 214 g/mol. The van der Waals surface area contributed by atoms with Crippen LogP contribution in [0.3, 0.4) is 0 Å². The van der Waals surface area contributed by atoms with Gasteiger partial charge in [-0.1, -0.05) is 3.89 Å². The van der Waals surface area contributed by atoms with Crippen molar-refractivity contribution in [1.29, 1.82) is 0 Å². The van der Waals surface area contributed by atoms with E-state index in [2.05, 4.69) is 0 Å². The first-order chi connectivity index (χ1) is 5.07. The quantitative estimate of drug-likeness (QED) is 0.493. The van der Waals surface area contributed by atoms with Gasteiger partial charge in [-0.05, 0) is 0 Å². The van der Waals surface area contributed by atoms with Crippen LogP contribution in [0.1, 0.15) is 0 Å². The Bertz CT molecular complexity index is 297. The first-order valence-electron chi connectivity index (χ1n) is 2.14. The van der Waals surface area contributed by atoms with Gasteiger partial charge in [0.1, 0.15) is 0 Å². The second-order valence-electron chi connectivity index (χ2n) is 1.52. The van der Waals surface area contributed by atoms with Gasteiger partial charge in [0.05, 0.1) is 0 Å². The molecule has 0 spiro atoms. The molecule has 0 fully saturated rings. The van der Waals surface area contributed by atoms with E-state index in [0.717, 1.165) is 0 Å². The Kier molecular flexibility index (Phi) is 2.78. The second-order valence-corrected chi connectivity index (χ2v) is 2.76. The molecule has 0 aromatic carbocycles. The van der Waals surface area contributed by atoms with Gasteiger partial charge in [-0.3, -0.25) is 0 Å². The van der Waals surface area contributed by atoms with Gasteiger partial charge in [0.2, 0.25) is 0 Å². The molecule has 0 aromatic rings. The first-order valence-corrected chi connectivity index (χ1v) is 3.52. The third-order valence-electron chi connectivity index (χ3n) is 0.636. The summed E-state index contributed by atoms with van der Waals surface area (Å²) >= 11 is 0. The molecule has 0 saturated heterocycles. The molecule has 2 nitrogen and oxygen atoms in total. The van der Waals surface area contributed by atoms with Crippen LogP contribution in [0.15, 0.2) is 11.0 Å². The van der Waals surface area contributed by atoms with Crippen molar-refractivity contribution in [3.05, 3.63) is 11.0 Å². The lowest BCUT2D eigenvalue weighted by molar-refractivity contribution is -0.110.